The molecule has 0 aromatic rings. The van der Waals surface area contributed by atoms with Gasteiger partial charge in [-0.1, -0.05) is 18.2 Å². The van der Waals surface area contributed by atoms with Gasteiger partial charge in [0.2, 0.25) is 0 Å². The quantitative estimate of drug-likeness (QED) is 0.559. The number of halogens is 2. The van der Waals surface area contributed by atoms with E-state index in [9.17, 15) is 13.6 Å². The van der Waals surface area contributed by atoms with Crippen molar-refractivity contribution < 1.29 is 18.3 Å². The summed E-state index contributed by atoms with van der Waals surface area (Å²) in [6, 6.07) is 0. The molecule has 1 aliphatic carbocycles. The van der Waals surface area contributed by atoms with Crippen molar-refractivity contribution in [3.05, 3.63) is 23.8 Å². The molecule has 17 heavy (non-hydrogen) atoms. The SMILES string of the molecule is C=C(C)C1CC=C(COC(=O)C(C)(F)F)CC1. The van der Waals surface area contributed by atoms with Gasteiger partial charge in [0.25, 0.3) is 0 Å². The van der Waals surface area contributed by atoms with Crippen LogP contribution >= 0.6 is 0 Å². The van der Waals surface area contributed by atoms with Gasteiger partial charge in [-0.3, -0.25) is 0 Å². The van der Waals surface area contributed by atoms with Crippen molar-refractivity contribution in [2.75, 3.05) is 6.61 Å². The molecule has 4 heteroatoms. The minimum absolute atomic E-state index is 0.0226. The molecule has 0 fully saturated rings. The van der Waals surface area contributed by atoms with E-state index in [0.717, 1.165) is 30.4 Å². The van der Waals surface area contributed by atoms with E-state index in [1.807, 2.05) is 13.0 Å². The topological polar surface area (TPSA) is 26.3 Å². The number of hydrogen-bond acceptors (Lipinski definition) is 2. The fraction of sp³-hybridized carbons (Fsp3) is 0.615. The van der Waals surface area contributed by atoms with Gasteiger partial charge in [-0.25, -0.2) is 4.79 Å². The van der Waals surface area contributed by atoms with Gasteiger partial charge in [0.1, 0.15) is 6.61 Å². The predicted octanol–water partition coefficient (Wildman–Crippen LogP) is 3.49. The predicted molar refractivity (Wildman–Crippen MR) is 61.8 cm³/mol. The number of ether oxygens (including phenoxy) is 1. The Morgan fingerprint density at radius 1 is 1.65 bits per heavy atom. The first-order chi connectivity index (χ1) is 7.80. The molecule has 0 radical (unpaired) electrons. The van der Waals surface area contributed by atoms with Crippen molar-refractivity contribution in [2.24, 2.45) is 5.92 Å². The smallest absolute Gasteiger partial charge is 0.376 e. The highest BCUT2D eigenvalue weighted by atomic mass is 19.3. The van der Waals surface area contributed by atoms with Gasteiger partial charge in [0, 0.05) is 6.92 Å². The fourth-order valence-corrected chi connectivity index (χ4v) is 1.75. The summed E-state index contributed by atoms with van der Waals surface area (Å²) < 4.78 is 29.6. The molecule has 0 amide bonds. The van der Waals surface area contributed by atoms with Gasteiger partial charge in [0.05, 0.1) is 0 Å². The molecule has 1 unspecified atom stereocenters. The van der Waals surface area contributed by atoms with E-state index in [4.69, 9.17) is 0 Å². The normalized spacial score (nSPS) is 20.7. The maximum Gasteiger partial charge on any atom is 0.376 e. The number of hydrogen-bond donors (Lipinski definition) is 0. The van der Waals surface area contributed by atoms with E-state index >= 15 is 0 Å². The van der Waals surface area contributed by atoms with E-state index in [1.165, 1.54) is 0 Å². The van der Waals surface area contributed by atoms with Crippen LogP contribution in [0, 0.1) is 5.92 Å². The molecule has 2 nitrogen and oxygen atoms in total. The van der Waals surface area contributed by atoms with Crippen LogP contribution in [0.4, 0.5) is 8.78 Å². The number of carbonyl (C=O) groups is 1. The maximum atomic E-state index is 12.5. The molecule has 0 saturated heterocycles. The first-order valence-corrected chi connectivity index (χ1v) is 5.69. The Morgan fingerprint density at radius 2 is 2.29 bits per heavy atom. The number of carbonyl (C=O) groups excluding carboxylic acids is 1. The highest BCUT2D eigenvalue weighted by molar-refractivity contribution is 5.77. The van der Waals surface area contributed by atoms with Gasteiger partial charge in [0.15, 0.2) is 0 Å². The molecule has 1 aliphatic rings. The summed E-state index contributed by atoms with van der Waals surface area (Å²) >= 11 is 0. The summed E-state index contributed by atoms with van der Waals surface area (Å²) in [4.78, 5) is 10.9. The Hall–Kier alpha value is -1.19. The Bertz CT molecular complexity index is 340. The van der Waals surface area contributed by atoms with Crippen LogP contribution in [-0.4, -0.2) is 18.5 Å². The highest BCUT2D eigenvalue weighted by Crippen LogP contribution is 2.28. The Kier molecular flexibility index (Phi) is 4.43. The lowest BCUT2D eigenvalue weighted by Gasteiger charge is -2.22. The van der Waals surface area contributed by atoms with Crippen LogP contribution in [0.15, 0.2) is 23.8 Å². The summed E-state index contributed by atoms with van der Waals surface area (Å²) in [6.07, 6.45) is 4.54. The van der Waals surface area contributed by atoms with E-state index in [1.54, 1.807) is 0 Å². The van der Waals surface area contributed by atoms with Crippen LogP contribution in [0.25, 0.3) is 0 Å². The molecule has 0 aromatic carbocycles. The van der Waals surface area contributed by atoms with E-state index < -0.39 is 11.9 Å². The molecular formula is C13H18F2O2. The third kappa shape index (κ3) is 4.29. The second-order valence-electron chi connectivity index (χ2n) is 4.64. The van der Waals surface area contributed by atoms with Crippen LogP contribution in [0.3, 0.4) is 0 Å². The Balaban J connectivity index is 2.40. The molecule has 1 atom stereocenters. The van der Waals surface area contributed by atoms with Crippen molar-refractivity contribution in [3.8, 4) is 0 Å². The Morgan fingerprint density at radius 3 is 2.71 bits per heavy atom. The van der Waals surface area contributed by atoms with Crippen molar-refractivity contribution >= 4 is 5.97 Å². The standard InChI is InChI=1S/C13H18F2O2/c1-9(2)11-6-4-10(5-7-11)8-17-12(16)13(3,14)15/h4,11H,1,5-8H2,2-3H3. The monoisotopic (exact) mass is 244 g/mol. The second kappa shape index (κ2) is 5.43. The molecule has 96 valence electrons. The molecule has 0 heterocycles. The molecule has 0 spiro atoms. The van der Waals surface area contributed by atoms with Crippen LogP contribution in [0.1, 0.15) is 33.1 Å². The summed E-state index contributed by atoms with van der Waals surface area (Å²) in [6.45, 7) is 6.40. The molecule has 0 saturated carbocycles. The Labute approximate surface area is 100 Å². The lowest BCUT2D eigenvalue weighted by molar-refractivity contribution is -0.168. The summed E-state index contributed by atoms with van der Waals surface area (Å²) in [7, 11) is 0. The molecule has 1 rings (SSSR count). The van der Waals surface area contributed by atoms with Crippen molar-refractivity contribution in [1.82, 2.24) is 0 Å². The second-order valence-corrected chi connectivity index (χ2v) is 4.64. The number of rotatable bonds is 4. The van der Waals surface area contributed by atoms with Crippen molar-refractivity contribution in [1.29, 1.82) is 0 Å². The molecule has 0 N–H and O–H groups in total. The minimum Gasteiger partial charge on any atom is -0.457 e. The van der Waals surface area contributed by atoms with Crippen LogP contribution in [0.5, 0.6) is 0 Å². The van der Waals surface area contributed by atoms with Crippen LogP contribution in [0.2, 0.25) is 0 Å². The van der Waals surface area contributed by atoms with Crippen molar-refractivity contribution in [2.45, 2.75) is 39.0 Å². The zero-order valence-electron chi connectivity index (χ0n) is 10.3. The van der Waals surface area contributed by atoms with Gasteiger partial charge < -0.3 is 4.74 Å². The average Bonchev–Trinajstić information content (AvgIpc) is 2.25. The van der Waals surface area contributed by atoms with Gasteiger partial charge >= 0.3 is 11.9 Å². The molecule has 0 aliphatic heterocycles. The molecule has 0 aromatic heterocycles. The zero-order valence-corrected chi connectivity index (χ0v) is 10.3. The van der Waals surface area contributed by atoms with Crippen LogP contribution < -0.4 is 0 Å². The fourth-order valence-electron chi connectivity index (χ4n) is 1.75. The first kappa shape index (κ1) is 13.9. The summed E-state index contributed by atoms with van der Waals surface area (Å²) in [5, 5.41) is 0. The third-order valence-corrected chi connectivity index (χ3v) is 2.95. The summed E-state index contributed by atoms with van der Waals surface area (Å²) in [5.74, 6) is -4.40. The molecular weight excluding hydrogens is 226 g/mol. The van der Waals surface area contributed by atoms with Gasteiger partial charge in [-0.2, -0.15) is 8.78 Å². The van der Waals surface area contributed by atoms with Gasteiger partial charge in [-0.15, -0.1) is 0 Å². The molecule has 0 bridgehead atoms. The highest BCUT2D eigenvalue weighted by Gasteiger charge is 2.34. The lowest BCUT2D eigenvalue weighted by atomic mass is 9.86. The van der Waals surface area contributed by atoms with Crippen molar-refractivity contribution in [3.63, 3.8) is 0 Å². The van der Waals surface area contributed by atoms with E-state index in [-0.39, 0.29) is 6.61 Å². The van der Waals surface area contributed by atoms with E-state index in [2.05, 4.69) is 11.3 Å². The summed E-state index contributed by atoms with van der Waals surface area (Å²) in [5.41, 5.74) is 2.05. The van der Waals surface area contributed by atoms with Crippen LogP contribution in [-0.2, 0) is 9.53 Å². The van der Waals surface area contributed by atoms with Gasteiger partial charge in [-0.05, 0) is 37.7 Å². The first-order valence-electron chi connectivity index (χ1n) is 5.69. The maximum absolute atomic E-state index is 12.5. The zero-order chi connectivity index (χ0) is 13.1. The third-order valence-electron chi connectivity index (χ3n) is 2.95. The lowest BCUT2D eigenvalue weighted by Crippen LogP contribution is -2.27. The number of esters is 1. The number of allylic oxidation sites excluding steroid dienone is 2. The number of alkyl halides is 2. The average molecular weight is 244 g/mol. The van der Waals surface area contributed by atoms with E-state index in [0.29, 0.717) is 12.8 Å². The largest absolute Gasteiger partial charge is 0.457 e. The minimum atomic E-state index is -3.41.